The van der Waals surface area contributed by atoms with Crippen LogP contribution in [0.2, 0.25) is 0 Å². The zero-order valence-electron chi connectivity index (χ0n) is 13.2. The average molecular weight is 293 g/mol. The molecular formula is C15H27N5O. The highest BCUT2D eigenvalue weighted by Gasteiger charge is 2.26. The maximum atomic E-state index is 12.6. The van der Waals surface area contributed by atoms with Gasteiger partial charge in [0.1, 0.15) is 0 Å². The summed E-state index contributed by atoms with van der Waals surface area (Å²) >= 11 is 0. The summed E-state index contributed by atoms with van der Waals surface area (Å²) in [5.74, 6) is 0.0570. The number of piperazine rings is 1. The summed E-state index contributed by atoms with van der Waals surface area (Å²) in [6, 6.07) is 0. The Labute approximate surface area is 126 Å². The fourth-order valence-electron chi connectivity index (χ4n) is 2.70. The van der Waals surface area contributed by atoms with Gasteiger partial charge in [0.2, 0.25) is 5.91 Å². The van der Waals surface area contributed by atoms with Gasteiger partial charge in [-0.3, -0.25) is 9.48 Å². The number of carbonyl (C=O) groups excluding carboxylic acids is 1. The van der Waals surface area contributed by atoms with Gasteiger partial charge in [0, 0.05) is 45.5 Å². The summed E-state index contributed by atoms with van der Waals surface area (Å²) in [7, 11) is 2.09. The van der Waals surface area contributed by atoms with Crippen molar-refractivity contribution in [3.63, 3.8) is 0 Å². The largest absolute Gasteiger partial charge is 0.340 e. The average Bonchev–Trinajstić information content (AvgIpc) is 2.92. The zero-order chi connectivity index (χ0) is 15.2. The number of amides is 1. The van der Waals surface area contributed by atoms with Gasteiger partial charge in [0.25, 0.3) is 0 Å². The van der Waals surface area contributed by atoms with Crippen LogP contribution in [0.3, 0.4) is 0 Å². The first-order valence-electron chi connectivity index (χ1n) is 7.82. The molecule has 0 radical (unpaired) electrons. The van der Waals surface area contributed by atoms with Crippen LogP contribution in [0.5, 0.6) is 0 Å². The lowest BCUT2D eigenvalue weighted by atomic mass is 9.99. The van der Waals surface area contributed by atoms with E-state index >= 15 is 0 Å². The Balaban J connectivity index is 1.93. The maximum Gasteiger partial charge on any atom is 0.227 e. The maximum absolute atomic E-state index is 12.6. The molecule has 1 saturated heterocycles. The van der Waals surface area contributed by atoms with E-state index in [1.807, 2.05) is 22.0 Å². The molecule has 6 heteroatoms. The van der Waals surface area contributed by atoms with E-state index in [1.54, 1.807) is 0 Å². The third kappa shape index (κ3) is 4.28. The predicted octanol–water partition coefficient (Wildman–Crippen LogP) is 0.185. The van der Waals surface area contributed by atoms with Gasteiger partial charge >= 0.3 is 0 Å². The topological polar surface area (TPSA) is 67.4 Å². The molecule has 2 N–H and O–H groups in total. The molecule has 1 aliphatic heterocycles. The van der Waals surface area contributed by atoms with E-state index in [0.29, 0.717) is 13.0 Å². The number of rotatable bonds is 6. The fourth-order valence-corrected chi connectivity index (χ4v) is 2.70. The molecule has 1 aliphatic rings. The van der Waals surface area contributed by atoms with Crippen LogP contribution in [0.15, 0.2) is 12.4 Å². The van der Waals surface area contributed by atoms with Crippen LogP contribution >= 0.6 is 0 Å². The Bertz CT molecular complexity index is 451. The number of carbonyl (C=O) groups is 1. The van der Waals surface area contributed by atoms with Gasteiger partial charge in [0.05, 0.1) is 12.1 Å². The Morgan fingerprint density at radius 1 is 1.38 bits per heavy atom. The van der Waals surface area contributed by atoms with Crippen molar-refractivity contribution < 1.29 is 4.79 Å². The Morgan fingerprint density at radius 2 is 2.10 bits per heavy atom. The summed E-state index contributed by atoms with van der Waals surface area (Å²) in [6.45, 7) is 6.93. The van der Waals surface area contributed by atoms with E-state index < -0.39 is 0 Å². The van der Waals surface area contributed by atoms with Crippen LogP contribution in [-0.2, 0) is 17.8 Å². The smallest absolute Gasteiger partial charge is 0.227 e. The highest BCUT2D eigenvalue weighted by atomic mass is 16.2. The molecule has 21 heavy (non-hydrogen) atoms. The van der Waals surface area contributed by atoms with Crippen molar-refractivity contribution in [3.8, 4) is 0 Å². The van der Waals surface area contributed by atoms with Gasteiger partial charge in [-0.1, -0.05) is 6.92 Å². The lowest BCUT2D eigenvalue weighted by Crippen LogP contribution is -2.50. The van der Waals surface area contributed by atoms with Gasteiger partial charge < -0.3 is 15.5 Å². The van der Waals surface area contributed by atoms with Crippen LogP contribution in [0.25, 0.3) is 0 Å². The van der Waals surface area contributed by atoms with Crippen molar-refractivity contribution in [1.29, 1.82) is 0 Å². The molecule has 1 amide bonds. The van der Waals surface area contributed by atoms with Crippen LogP contribution in [-0.4, -0.2) is 65.3 Å². The SMILES string of the molecule is CCCn1cc(CC(CN)C(=O)N2CCN(C)CC2)cn1. The third-order valence-corrected chi connectivity index (χ3v) is 4.07. The van der Waals surface area contributed by atoms with Crippen molar-refractivity contribution in [2.75, 3.05) is 39.8 Å². The molecule has 1 unspecified atom stereocenters. The van der Waals surface area contributed by atoms with Gasteiger partial charge in [-0.2, -0.15) is 5.10 Å². The first-order valence-corrected chi connectivity index (χ1v) is 7.82. The number of aryl methyl sites for hydroxylation is 1. The second-order valence-electron chi connectivity index (χ2n) is 5.88. The molecule has 1 aromatic heterocycles. The molecule has 0 aromatic carbocycles. The van der Waals surface area contributed by atoms with E-state index in [-0.39, 0.29) is 11.8 Å². The van der Waals surface area contributed by atoms with E-state index in [0.717, 1.165) is 44.7 Å². The molecular weight excluding hydrogens is 266 g/mol. The molecule has 0 saturated carbocycles. The molecule has 1 fully saturated rings. The molecule has 0 bridgehead atoms. The lowest BCUT2D eigenvalue weighted by molar-refractivity contribution is -0.136. The number of nitrogens with two attached hydrogens (primary N) is 1. The number of aromatic nitrogens is 2. The van der Waals surface area contributed by atoms with Gasteiger partial charge in [-0.05, 0) is 25.5 Å². The van der Waals surface area contributed by atoms with Crippen LogP contribution in [0.1, 0.15) is 18.9 Å². The van der Waals surface area contributed by atoms with Crippen LogP contribution in [0.4, 0.5) is 0 Å². The summed E-state index contributed by atoms with van der Waals surface area (Å²) in [6.07, 6.45) is 5.63. The first-order chi connectivity index (χ1) is 10.1. The van der Waals surface area contributed by atoms with Crippen molar-refractivity contribution in [2.24, 2.45) is 11.7 Å². The quantitative estimate of drug-likeness (QED) is 0.813. The van der Waals surface area contributed by atoms with Crippen molar-refractivity contribution in [3.05, 3.63) is 18.0 Å². The summed E-state index contributed by atoms with van der Waals surface area (Å²) in [5.41, 5.74) is 6.93. The fraction of sp³-hybridized carbons (Fsp3) is 0.733. The molecule has 118 valence electrons. The molecule has 0 aliphatic carbocycles. The van der Waals surface area contributed by atoms with E-state index in [1.165, 1.54) is 0 Å². The second kappa shape index (κ2) is 7.56. The van der Waals surface area contributed by atoms with Gasteiger partial charge in [0.15, 0.2) is 0 Å². The Kier molecular flexibility index (Phi) is 5.76. The van der Waals surface area contributed by atoms with Gasteiger partial charge in [-0.25, -0.2) is 0 Å². The monoisotopic (exact) mass is 293 g/mol. The summed E-state index contributed by atoms with van der Waals surface area (Å²) < 4.78 is 1.93. The van der Waals surface area contributed by atoms with E-state index in [4.69, 9.17) is 5.73 Å². The number of hydrogen-bond acceptors (Lipinski definition) is 4. The van der Waals surface area contributed by atoms with Crippen molar-refractivity contribution in [1.82, 2.24) is 19.6 Å². The predicted molar refractivity (Wildman–Crippen MR) is 82.8 cm³/mol. The number of hydrogen-bond donors (Lipinski definition) is 1. The molecule has 2 heterocycles. The summed E-state index contributed by atoms with van der Waals surface area (Å²) in [5, 5.41) is 4.32. The minimum atomic E-state index is -0.132. The van der Waals surface area contributed by atoms with E-state index in [2.05, 4.69) is 24.0 Å². The minimum Gasteiger partial charge on any atom is -0.340 e. The summed E-state index contributed by atoms with van der Waals surface area (Å²) in [4.78, 5) is 16.8. The Morgan fingerprint density at radius 3 is 2.71 bits per heavy atom. The minimum absolute atomic E-state index is 0.132. The van der Waals surface area contributed by atoms with Gasteiger partial charge in [-0.15, -0.1) is 0 Å². The molecule has 2 rings (SSSR count). The highest BCUT2D eigenvalue weighted by molar-refractivity contribution is 5.79. The second-order valence-corrected chi connectivity index (χ2v) is 5.88. The molecule has 6 nitrogen and oxygen atoms in total. The number of likely N-dealkylation sites (N-methyl/N-ethyl adjacent to an activating group) is 1. The standard InChI is InChI=1S/C15H27N5O/c1-3-4-20-12-13(11-17-20)9-14(10-16)15(21)19-7-5-18(2)6-8-19/h11-12,14H,3-10,16H2,1-2H3. The highest BCUT2D eigenvalue weighted by Crippen LogP contribution is 2.12. The normalized spacial score (nSPS) is 18.0. The molecule has 1 aromatic rings. The Hall–Kier alpha value is -1.40. The first kappa shape index (κ1) is 16.0. The molecule has 0 spiro atoms. The van der Waals surface area contributed by atoms with Crippen LogP contribution < -0.4 is 5.73 Å². The van der Waals surface area contributed by atoms with E-state index in [9.17, 15) is 4.79 Å². The lowest BCUT2D eigenvalue weighted by Gasteiger charge is -2.34. The van der Waals surface area contributed by atoms with Crippen LogP contribution in [0, 0.1) is 5.92 Å². The van der Waals surface area contributed by atoms with Crippen molar-refractivity contribution >= 4 is 5.91 Å². The van der Waals surface area contributed by atoms with Crippen molar-refractivity contribution in [2.45, 2.75) is 26.3 Å². The molecule has 1 atom stereocenters. The zero-order valence-corrected chi connectivity index (χ0v) is 13.2. The number of nitrogens with zero attached hydrogens (tertiary/aromatic N) is 4. The third-order valence-electron chi connectivity index (χ3n) is 4.07.